The number of carbonyl (C=O) groups excluding carboxylic acids is 2. The van der Waals surface area contributed by atoms with Crippen molar-refractivity contribution in [1.29, 1.82) is 0 Å². The van der Waals surface area contributed by atoms with E-state index in [4.69, 9.17) is 9.47 Å². The number of rotatable bonds is 5. The van der Waals surface area contributed by atoms with Gasteiger partial charge in [-0.15, -0.1) is 0 Å². The minimum Gasteiger partial charge on any atom is -0.488 e. The number of aromatic nitrogens is 1. The van der Waals surface area contributed by atoms with Gasteiger partial charge in [-0.3, -0.25) is 4.79 Å². The summed E-state index contributed by atoms with van der Waals surface area (Å²) in [6, 6.07) is 10.5. The van der Waals surface area contributed by atoms with Gasteiger partial charge in [-0.25, -0.2) is 9.78 Å². The zero-order valence-electron chi connectivity index (χ0n) is 17.2. The highest BCUT2D eigenvalue weighted by molar-refractivity contribution is 5.93. The van der Waals surface area contributed by atoms with Gasteiger partial charge < -0.3 is 19.5 Å². The number of carbonyl (C=O) groups is 2. The average molecular weight is 410 g/mol. The topological polar surface area (TPSA) is 89.0 Å². The fourth-order valence-electron chi connectivity index (χ4n) is 4.47. The lowest BCUT2D eigenvalue weighted by atomic mass is 9.78. The Balaban J connectivity index is 1.42. The minimum absolute atomic E-state index is 0.00326. The van der Waals surface area contributed by atoms with Gasteiger partial charge in [0.2, 0.25) is 0 Å². The molecule has 2 aliphatic rings. The number of pyridine rings is 1. The van der Waals surface area contributed by atoms with E-state index in [0.29, 0.717) is 35.1 Å². The van der Waals surface area contributed by atoms with Crippen LogP contribution in [0.4, 0.5) is 5.82 Å². The monoisotopic (exact) mass is 410 g/mol. The zero-order chi connectivity index (χ0) is 21.3. The molecule has 0 unspecified atom stereocenters. The molecule has 1 aliphatic carbocycles. The number of ketones is 1. The second kappa shape index (κ2) is 8.44. The number of aliphatic hydroxyl groups is 1. The third-order valence-electron chi connectivity index (χ3n) is 6.11. The van der Waals surface area contributed by atoms with Crippen LogP contribution in [0.25, 0.3) is 0 Å². The molecule has 1 saturated heterocycles. The van der Waals surface area contributed by atoms with E-state index in [2.05, 4.69) is 9.88 Å². The Labute approximate surface area is 175 Å². The molecule has 0 amide bonds. The Bertz CT molecular complexity index is 929. The Hall–Kier alpha value is -2.93. The van der Waals surface area contributed by atoms with Gasteiger partial charge in [0.15, 0.2) is 5.78 Å². The number of nitrogens with zero attached hydrogens (tertiary/aromatic N) is 2. The van der Waals surface area contributed by atoms with Crippen molar-refractivity contribution in [3.05, 3.63) is 53.7 Å². The number of hydrogen-bond acceptors (Lipinski definition) is 7. The molecule has 7 heteroatoms. The molecular weight excluding hydrogens is 384 g/mol. The number of methoxy groups -OCH3 is 1. The highest BCUT2D eigenvalue weighted by Crippen LogP contribution is 2.39. The standard InChI is InChI=1S/C23H26N2O5/c1-14(26)16-6-7-22(24-11-16)25-12-17-9-20(27)21(10-18(17)13-25)30-19-5-3-4-15(8-19)23(28)29-2/h3-8,11,17-18,20-21,27H,9-10,12-13H2,1-2H3/t17-,18+,20+,21+/m0/s1. The van der Waals surface area contributed by atoms with Gasteiger partial charge in [0, 0.05) is 24.8 Å². The van der Waals surface area contributed by atoms with Crippen molar-refractivity contribution in [2.24, 2.45) is 11.8 Å². The first-order valence-corrected chi connectivity index (χ1v) is 10.2. The average Bonchev–Trinajstić information content (AvgIpc) is 3.16. The van der Waals surface area contributed by atoms with Gasteiger partial charge in [0.25, 0.3) is 0 Å². The van der Waals surface area contributed by atoms with E-state index in [-0.39, 0.29) is 11.9 Å². The van der Waals surface area contributed by atoms with E-state index in [9.17, 15) is 14.7 Å². The molecule has 30 heavy (non-hydrogen) atoms. The summed E-state index contributed by atoms with van der Waals surface area (Å²) in [7, 11) is 1.34. The van der Waals surface area contributed by atoms with E-state index in [1.807, 2.05) is 12.1 Å². The second-order valence-corrected chi connectivity index (χ2v) is 8.10. The van der Waals surface area contributed by atoms with E-state index in [0.717, 1.165) is 25.3 Å². The summed E-state index contributed by atoms with van der Waals surface area (Å²) in [6.07, 6.45) is 2.12. The van der Waals surface area contributed by atoms with Crippen LogP contribution in [0.5, 0.6) is 5.75 Å². The number of hydrogen-bond donors (Lipinski definition) is 1. The molecule has 2 heterocycles. The van der Waals surface area contributed by atoms with Crippen molar-refractivity contribution in [1.82, 2.24) is 4.98 Å². The number of Topliss-reactive ketones (excluding diaryl/α,β-unsaturated/α-hetero) is 1. The van der Waals surface area contributed by atoms with Crippen LogP contribution in [0.3, 0.4) is 0 Å². The largest absolute Gasteiger partial charge is 0.488 e. The lowest BCUT2D eigenvalue weighted by Crippen LogP contribution is -2.42. The SMILES string of the molecule is COC(=O)c1cccc(O[C@@H]2C[C@@H]3CN(c4ccc(C(C)=O)cn4)C[C@@H]3C[C@H]2O)c1. The summed E-state index contributed by atoms with van der Waals surface area (Å²) in [5.74, 6) is 1.75. The molecule has 1 saturated carbocycles. The first kappa shape index (κ1) is 20.3. The number of aliphatic hydroxyl groups excluding tert-OH is 1. The molecule has 2 aromatic rings. The molecule has 4 atom stereocenters. The molecule has 0 bridgehead atoms. The van der Waals surface area contributed by atoms with Gasteiger partial charge >= 0.3 is 5.97 Å². The summed E-state index contributed by atoms with van der Waals surface area (Å²) < 4.78 is 10.8. The number of ether oxygens (including phenoxy) is 2. The van der Waals surface area contributed by atoms with Crippen molar-refractivity contribution in [2.75, 3.05) is 25.1 Å². The summed E-state index contributed by atoms with van der Waals surface area (Å²) in [5, 5.41) is 10.7. The van der Waals surface area contributed by atoms with Gasteiger partial charge in [0.1, 0.15) is 17.7 Å². The van der Waals surface area contributed by atoms with Crippen molar-refractivity contribution >= 4 is 17.6 Å². The van der Waals surface area contributed by atoms with Crippen LogP contribution in [0.2, 0.25) is 0 Å². The Morgan fingerprint density at radius 1 is 1.10 bits per heavy atom. The highest BCUT2D eigenvalue weighted by Gasteiger charge is 2.43. The highest BCUT2D eigenvalue weighted by atomic mass is 16.5. The molecule has 1 aliphatic heterocycles. The molecule has 158 valence electrons. The van der Waals surface area contributed by atoms with E-state index in [1.54, 1.807) is 30.5 Å². The Kier molecular flexibility index (Phi) is 5.72. The molecule has 1 aromatic heterocycles. The second-order valence-electron chi connectivity index (χ2n) is 8.10. The maximum Gasteiger partial charge on any atom is 0.337 e. The maximum absolute atomic E-state index is 11.7. The first-order chi connectivity index (χ1) is 14.4. The lowest BCUT2D eigenvalue weighted by molar-refractivity contribution is -0.0231. The van der Waals surface area contributed by atoms with Crippen molar-refractivity contribution in [3.63, 3.8) is 0 Å². The Morgan fingerprint density at radius 2 is 1.87 bits per heavy atom. The number of esters is 1. The van der Waals surface area contributed by atoms with Crippen LogP contribution in [-0.4, -0.2) is 54.3 Å². The molecule has 7 nitrogen and oxygen atoms in total. The van der Waals surface area contributed by atoms with Gasteiger partial charge in [-0.05, 0) is 61.9 Å². The fraction of sp³-hybridized carbons (Fsp3) is 0.435. The summed E-state index contributed by atoms with van der Waals surface area (Å²) in [4.78, 5) is 29.9. The predicted octanol–water partition coefficient (Wildman–Crippen LogP) is 2.73. The van der Waals surface area contributed by atoms with Crippen LogP contribution >= 0.6 is 0 Å². The zero-order valence-corrected chi connectivity index (χ0v) is 17.2. The minimum atomic E-state index is -0.568. The molecule has 1 N–H and O–H groups in total. The smallest absolute Gasteiger partial charge is 0.337 e. The van der Waals surface area contributed by atoms with E-state index in [1.165, 1.54) is 14.0 Å². The van der Waals surface area contributed by atoms with Crippen LogP contribution in [0, 0.1) is 11.8 Å². The maximum atomic E-state index is 11.7. The van der Waals surface area contributed by atoms with Gasteiger partial charge in [-0.1, -0.05) is 6.07 Å². The molecular formula is C23H26N2O5. The quantitative estimate of drug-likeness (QED) is 0.599. The number of fused-ring (bicyclic) bond motifs is 1. The van der Waals surface area contributed by atoms with Crippen LogP contribution in [0.15, 0.2) is 42.6 Å². The van der Waals surface area contributed by atoms with Crippen LogP contribution in [0.1, 0.15) is 40.5 Å². The molecule has 0 radical (unpaired) electrons. The van der Waals surface area contributed by atoms with Gasteiger partial charge in [-0.2, -0.15) is 0 Å². The summed E-state index contributed by atoms with van der Waals surface area (Å²) in [6.45, 7) is 3.20. The fourth-order valence-corrected chi connectivity index (χ4v) is 4.47. The van der Waals surface area contributed by atoms with Crippen molar-refractivity contribution < 1.29 is 24.2 Å². The Morgan fingerprint density at radius 3 is 2.53 bits per heavy atom. The molecule has 0 spiro atoms. The van der Waals surface area contributed by atoms with Gasteiger partial charge in [0.05, 0.1) is 18.8 Å². The third kappa shape index (κ3) is 4.16. The van der Waals surface area contributed by atoms with Crippen LogP contribution in [-0.2, 0) is 4.74 Å². The van der Waals surface area contributed by atoms with E-state index >= 15 is 0 Å². The summed E-state index contributed by atoms with van der Waals surface area (Å²) >= 11 is 0. The van der Waals surface area contributed by atoms with Crippen LogP contribution < -0.4 is 9.64 Å². The normalized spacial score (nSPS) is 25.5. The predicted molar refractivity (Wildman–Crippen MR) is 111 cm³/mol. The van der Waals surface area contributed by atoms with E-state index < -0.39 is 12.1 Å². The number of benzene rings is 1. The van der Waals surface area contributed by atoms with Crippen molar-refractivity contribution in [2.45, 2.75) is 32.0 Å². The lowest BCUT2D eigenvalue weighted by Gasteiger charge is -2.35. The summed E-state index contributed by atoms with van der Waals surface area (Å²) in [5.41, 5.74) is 1.03. The molecule has 2 fully saturated rings. The molecule has 1 aromatic carbocycles. The third-order valence-corrected chi connectivity index (χ3v) is 6.11. The first-order valence-electron chi connectivity index (χ1n) is 10.2. The molecule has 4 rings (SSSR count). The van der Waals surface area contributed by atoms with Crippen molar-refractivity contribution in [3.8, 4) is 5.75 Å². The number of anilines is 1.